The summed E-state index contributed by atoms with van der Waals surface area (Å²) in [6.07, 6.45) is 4.18. The van der Waals surface area contributed by atoms with Crippen LogP contribution in [0.4, 0.5) is 0 Å². The zero-order valence-electron chi connectivity index (χ0n) is 7.63. The van der Waals surface area contributed by atoms with Gasteiger partial charge in [0.15, 0.2) is 0 Å². The summed E-state index contributed by atoms with van der Waals surface area (Å²) in [7, 11) is 0. The maximum atomic E-state index is 11.3. The SMILES string of the molecule is CC(C)(C)OC(=O)C1=CCC=N1. The van der Waals surface area contributed by atoms with E-state index >= 15 is 0 Å². The molecule has 0 amide bonds. The van der Waals surface area contributed by atoms with Crippen LogP contribution in [0.25, 0.3) is 0 Å². The molecule has 1 aliphatic heterocycles. The minimum Gasteiger partial charge on any atom is -0.455 e. The Morgan fingerprint density at radius 2 is 2.25 bits per heavy atom. The van der Waals surface area contributed by atoms with Gasteiger partial charge in [-0.3, -0.25) is 4.99 Å². The highest BCUT2D eigenvalue weighted by molar-refractivity contribution is 5.92. The van der Waals surface area contributed by atoms with Crippen LogP contribution in [-0.4, -0.2) is 17.8 Å². The number of esters is 1. The van der Waals surface area contributed by atoms with Crippen LogP contribution < -0.4 is 0 Å². The van der Waals surface area contributed by atoms with E-state index in [-0.39, 0.29) is 5.97 Å². The van der Waals surface area contributed by atoms with E-state index in [1.54, 1.807) is 12.3 Å². The predicted octanol–water partition coefficient (Wildman–Crippen LogP) is 1.69. The number of rotatable bonds is 1. The van der Waals surface area contributed by atoms with Gasteiger partial charge in [0.05, 0.1) is 0 Å². The molecule has 1 rings (SSSR count). The minimum atomic E-state index is -0.434. The van der Waals surface area contributed by atoms with E-state index in [1.807, 2.05) is 20.8 Å². The molecule has 0 saturated carbocycles. The molecular weight excluding hydrogens is 154 g/mol. The van der Waals surface area contributed by atoms with Gasteiger partial charge in [0.1, 0.15) is 11.3 Å². The van der Waals surface area contributed by atoms with Crippen LogP contribution in [0.1, 0.15) is 27.2 Å². The van der Waals surface area contributed by atoms with E-state index in [2.05, 4.69) is 4.99 Å². The molecule has 0 fully saturated rings. The van der Waals surface area contributed by atoms with Gasteiger partial charge in [0.25, 0.3) is 0 Å². The number of allylic oxidation sites excluding steroid dienone is 1. The van der Waals surface area contributed by atoms with Gasteiger partial charge in [-0.1, -0.05) is 0 Å². The molecule has 66 valence electrons. The van der Waals surface area contributed by atoms with Crippen molar-refractivity contribution in [2.75, 3.05) is 0 Å². The highest BCUT2D eigenvalue weighted by atomic mass is 16.6. The average Bonchev–Trinajstić information content (AvgIpc) is 2.32. The zero-order valence-corrected chi connectivity index (χ0v) is 7.63. The summed E-state index contributed by atoms with van der Waals surface area (Å²) in [5.41, 5.74) is -0.0133. The summed E-state index contributed by atoms with van der Waals surface area (Å²) >= 11 is 0. The molecule has 0 spiro atoms. The highest BCUT2D eigenvalue weighted by Crippen LogP contribution is 2.13. The second kappa shape index (κ2) is 3.09. The molecule has 0 atom stereocenters. The van der Waals surface area contributed by atoms with Crippen molar-refractivity contribution in [1.29, 1.82) is 0 Å². The third-order valence-electron chi connectivity index (χ3n) is 1.26. The van der Waals surface area contributed by atoms with Gasteiger partial charge < -0.3 is 4.74 Å². The largest absolute Gasteiger partial charge is 0.455 e. The van der Waals surface area contributed by atoms with Gasteiger partial charge in [-0.15, -0.1) is 0 Å². The second-order valence-corrected chi connectivity index (χ2v) is 3.64. The molecule has 0 saturated heterocycles. The maximum absolute atomic E-state index is 11.3. The van der Waals surface area contributed by atoms with Crippen molar-refractivity contribution >= 4 is 12.2 Å². The van der Waals surface area contributed by atoms with Crippen LogP contribution in [0.5, 0.6) is 0 Å². The summed E-state index contributed by atoms with van der Waals surface area (Å²) in [5, 5.41) is 0. The Morgan fingerprint density at radius 3 is 2.67 bits per heavy atom. The predicted molar refractivity (Wildman–Crippen MR) is 47.0 cm³/mol. The maximum Gasteiger partial charge on any atom is 0.357 e. The molecule has 12 heavy (non-hydrogen) atoms. The molecule has 0 N–H and O–H groups in total. The highest BCUT2D eigenvalue weighted by Gasteiger charge is 2.19. The normalized spacial score (nSPS) is 16.1. The van der Waals surface area contributed by atoms with Crippen molar-refractivity contribution in [3.05, 3.63) is 11.8 Å². The Morgan fingerprint density at radius 1 is 1.58 bits per heavy atom. The fraction of sp³-hybridized carbons (Fsp3) is 0.556. The van der Waals surface area contributed by atoms with Crippen molar-refractivity contribution in [3.63, 3.8) is 0 Å². The molecule has 0 aromatic heterocycles. The van der Waals surface area contributed by atoms with Crippen molar-refractivity contribution in [2.24, 2.45) is 4.99 Å². The average molecular weight is 167 g/mol. The Hall–Kier alpha value is -1.12. The first-order valence-corrected chi connectivity index (χ1v) is 3.95. The van der Waals surface area contributed by atoms with E-state index in [9.17, 15) is 4.79 Å². The van der Waals surface area contributed by atoms with Crippen LogP contribution in [0.15, 0.2) is 16.8 Å². The van der Waals surface area contributed by atoms with Gasteiger partial charge in [0.2, 0.25) is 0 Å². The molecule has 3 heteroatoms. The first-order valence-electron chi connectivity index (χ1n) is 3.95. The Balaban J connectivity index is 2.55. The van der Waals surface area contributed by atoms with Crippen LogP contribution in [0, 0.1) is 0 Å². The zero-order chi connectivity index (χ0) is 9.19. The number of hydrogen-bond acceptors (Lipinski definition) is 3. The van der Waals surface area contributed by atoms with E-state index in [0.717, 1.165) is 6.42 Å². The van der Waals surface area contributed by atoms with Crippen LogP contribution in [0.2, 0.25) is 0 Å². The summed E-state index contributed by atoms with van der Waals surface area (Å²) in [4.78, 5) is 15.1. The lowest BCUT2D eigenvalue weighted by molar-refractivity contribution is -0.149. The quantitative estimate of drug-likeness (QED) is 0.557. The lowest BCUT2D eigenvalue weighted by Crippen LogP contribution is -2.24. The fourth-order valence-corrected chi connectivity index (χ4v) is 0.835. The van der Waals surface area contributed by atoms with E-state index in [0.29, 0.717) is 5.70 Å². The van der Waals surface area contributed by atoms with Crippen molar-refractivity contribution in [1.82, 2.24) is 0 Å². The molecule has 0 aliphatic carbocycles. The Kier molecular flexibility index (Phi) is 2.31. The summed E-state index contributed by atoms with van der Waals surface area (Å²) in [5.74, 6) is -0.337. The molecule has 0 radical (unpaired) electrons. The number of carbonyl (C=O) groups is 1. The number of nitrogens with zero attached hydrogens (tertiary/aromatic N) is 1. The van der Waals surface area contributed by atoms with E-state index < -0.39 is 5.60 Å². The Labute approximate surface area is 72.1 Å². The third kappa shape index (κ3) is 2.49. The summed E-state index contributed by atoms with van der Waals surface area (Å²) < 4.78 is 5.10. The number of aliphatic imine (C=N–C) groups is 1. The Bertz CT molecular complexity index is 246. The van der Waals surface area contributed by atoms with Gasteiger partial charge in [-0.25, -0.2) is 4.79 Å². The van der Waals surface area contributed by atoms with Crippen LogP contribution >= 0.6 is 0 Å². The smallest absolute Gasteiger partial charge is 0.357 e. The molecule has 0 aromatic rings. The van der Waals surface area contributed by atoms with E-state index in [1.165, 1.54) is 0 Å². The minimum absolute atomic E-state index is 0.337. The van der Waals surface area contributed by atoms with Gasteiger partial charge in [-0.05, 0) is 26.8 Å². The lowest BCUT2D eigenvalue weighted by Gasteiger charge is -2.18. The molecule has 0 bridgehead atoms. The van der Waals surface area contributed by atoms with Crippen LogP contribution in [0.3, 0.4) is 0 Å². The monoisotopic (exact) mass is 167 g/mol. The van der Waals surface area contributed by atoms with E-state index in [4.69, 9.17) is 4.74 Å². The number of ether oxygens (including phenoxy) is 1. The molecule has 1 aliphatic rings. The molecule has 0 unspecified atom stereocenters. The van der Waals surface area contributed by atoms with Gasteiger partial charge in [-0.2, -0.15) is 0 Å². The molecule has 1 heterocycles. The van der Waals surface area contributed by atoms with Crippen molar-refractivity contribution in [3.8, 4) is 0 Å². The molecule has 0 aromatic carbocycles. The fourth-order valence-electron chi connectivity index (χ4n) is 0.835. The molecular formula is C9H13NO2. The first-order chi connectivity index (χ1) is 5.49. The summed E-state index contributed by atoms with van der Waals surface area (Å²) in [6, 6.07) is 0. The van der Waals surface area contributed by atoms with Gasteiger partial charge in [0, 0.05) is 12.6 Å². The standard InChI is InChI=1S/C9H13NO2/c1-9(2,3)12-8(11)7-5-4-6-10-7/h5-6H,4H2,1-3H3. The number of carbonyl (C=O) groups excluding carboxylic acids is 1. The second-order valence-electron chi connectivity index (χ2n) is 3.64. The first kappa shape index (κ1) is 8.97. The van der Waals surface area contributed by atoms with Crippen LogP contribution in [-0.2, 0) is 9.53 Å². The lowest BCUT2D eigenvalue weighted by atomic mass is 10.2. The summed E-state index contributed by atoms with van der Waals surface area (Å²) in [6.45, 7) is 5.51. The third-order valence-corrected chi connectivity index (χ3v) is 1.26. The number of hydrogen-bond donors (Lipinski definition) is 0. The van der Waals surface area contributed by atoms with Crippen molar-refractivity contribution in [2.45, 2.75) is 32.8 Å². The molecule has 3 nitrogen and oxygen atoms in total. The topological polar surface area (TPSA) is 38.7 Å². The van der Waals surface area contributed by atoms with Crippen molar-refractivity contribution < 1.29 is 9.53 Å². The van der Waals surface area contributed by atoms with Gasteiger partial charge >= 0.3 is 5.97 Å².